The monoisotopic (exact) mass is 688 g/mol. The predicted molar refractivity (Wildman–Crippen MR) is 195 cm³/mol. The van der Waals surface area contributed by atoms with E-state index in [9.17, 15) is 14.4 Å². The van der Waals surface area contributed by atoms with Crippen LogP contribution < -0.4 is 5.32 Å². The van der Waals surface area contributed by atoms with Crippen molar-refractivity contribution in [3.05, 3.63) is 48.4 Å². The average molecular weight is 689 g/mol. The van der Waals surface area contributed by atoms with Gasteiger partial charge in [0.1, 0.15) is 24.4 Å². The maximum Gasteiger partial charge on any atom is 0.407 e. The summed E-state index contributed by atoms with van der Waals surface area (Å²) in [4.78, 5) is 51.1. The molecule has 5 rings (SSSR count). The minimum atomic E-state index is -1.25. The van der Waals surface area contributed by atoms with Gasteiger partial charge >= 0.3 is 6.09 Å². The Morgan fingerprint density at radius 2 is 1.67 bits per heavy atom. The van der Waals surface area contributed by atoms with E-state index in [4.69, 9.17) is 19.4 Å². The Labute approximate surface area is 290 Å². The summed E-state index contributed by atoms with van der Waals surface area (Å²) >= 11 is 0. The van der Waals surface area contributed by atoms with Gasteiger partial charge in [-0.3, -0.25) is 9.59 Å². The number of amides is 2. The van der Waals surface area contributed by atoms with Crippen molar-refractivity contribution in [2.45, 2.75) is 105 Å². The minimum absolute atomic E-state index is 0.00817. The van der Waals surface area contributed by atoms with Crippen LogP contribution in [0.2, 0.25) is 25.7 Å². The molecule has 0 aliphatic carbocycles. The number of aromatic nitrogens is 4. The third-order valence-electron chi connectivity index (χ3n) is 8.66. The lowest BCUT2D eigenvalue weighted by atomic mass is 9.87. The molecule has 49 heavy (non-hydrogen) atoms. The summed E-state index contributed by atoms with van der Waals surface area (Å²) < 4.78 is 15.3. The fourth-order valence-electron chi connectivity index (χ4n) is 5.97. The maximum absolute atomic E-state index is 13.6. The molecular formula is C37H52N6O5Si. The first kappa shape index (κ1) is 36.3. The highest BCUT2D eigenvalue weighted by Gasteiger charge is 2.29. The van der Waals surface area contributed by atoms with Gasteiger partial charge in [-0.05, 0) is 45.7 Å². The van der Waals surface area contributed by atoms with E-state index in [0.29, 0.717) is 61.7 Å². The van der Waals surface area contributed by atoms with Crippen molar-refractivity contribution in [1.29, 1.82) is 0 Å². The Morgan fingerprint density at radius 1 is 0.980 bits per heavy atom. The number of likely N-dealkylation sites (tertiary alicyclic amines) is 1. The van der Waals surface area contributed by atoms with Gasteiger partial charge in [0.15, 0.2) is 11.4 Å². The van der Waals surface area contributed by atoms with E-state index >= 15 is 0 Å². The lowest BCUT2D eigenvalue weighted by Gasteiger charge is -2.33. The Balaban J connectivity index is 1.38. The van der Waals surface area contributed by atoms with Crippen molar-refractivity contribution in [1.82, 2.24) is 29.3 Å². The van der Waals surface area contributed by atoms with Crippen LogP contribution in [0.4, 0.5) is 4.79 Å². The van der Waals surface area contributed by atoms with Gasteiger partial charge in [-0.2, -0.15) is 0 Å². The molecule has 264 valence electrons. The van der Waals surface area contributed by atoms with Gasteiger partial charge in [0.2, 0.25) is 5.91 Å². The predicted octanol–water partition coefficient (Wildman–Crippen LogP) is 7.11. The molecule has 1 N–H and O–H groups in total. The fourth-order valence-corrected chi connectivity index (χ4v) is 6.72. The largest absolute Gasteiger partial charge is 0.444 e. The average Bonchev–Trinajstić information content (AvgIpc) is 3.55. The quantitative estimate of drug-likeness (QED) is 0.107. The first-order chi connectivity index (χ1) is 22.9. The van der Waals surface area contributed by atoms with E-state index < -0.39 is 25.2 Å². The molecule has 1 aliphatic rings. The Kier molecular flexibility index (Phi) is 10.4. The van der Waals surface area contributed by atoms with Crippen LogP contribution in [0.3, 0.4) is 0 Å². The van der Waals surface area contributed by atoms with E-state index in [2.05, 4.69) is 25.0 Å². The van der Waals surface area contributed by atoms with Crippen LogP contribution in [0.25, 0.3) is 33.3 Å². The number of Topliss-reactive ketones (excluding diaryl/α,β-unsaturated/α-hetero) is 1. The summed E-state index contributed by atoms with van der Waals surface area (Å²) in [7, 11) is -1.25. The van der Waals surface area contributed by atoms with Gasteiger partial charge < -0.3 is 28.8 Å². The van der Waals surface area contributed by atoms with Gasteiger partial charge in [-0.25, -0.2) is 14.8 Å². The molecule has 12 heteroatoms. The number of hydrogen-bond donors (Lipinski definition) is 1. The first-order valence-corrected chi connectivity index (χ1v) is 20.9. The molecule has 4 aromatic rings. The molecule has 11 nitrogen and oxygen atoms in total. The van der Waals surface area contributed by atoms with Crippen molar-refractivity contribution in [2.24, 2.45) is 5.41 Å². The fraction of sp³-hybridized carbons (Fsp3) is 0.541. The van der Waals surface area contributed by atoms with Gasteiger partial charge in [0.25, 0.3) is 0 Å². The van der Waals surface area contributed by atoms with Gasteiger partial charge in [0, 0.05) is 68.1 Å². The molecule has 4 heterocycles. The molecule has 2 amide bonds. The summed E-state index contributed by atoms with van der Waals surface area (Å²) in [5, 5.41) is 3.88. The highest BCUT2D eigenvalue weighted by Crippen LogP contribution is 2.33. The zero-order chi connectivity index (χ0) is 35.7. The van der Waals surface area contributed by atoms with Crippen molar-refractivity contribution in [2.75, 3.05) is 19.7 Å². The lowest BCUT2D eigenvalue weighted by Crippen LogP contribution is -2.48. The molecule has 1 saturated heterocycles. The van der Waals surface area contributed by atoms with Crippen molar-refractivity contribution in [3.63, 3.8) is 0 Å². The van der Waals surface area contributed by atoms with Crippen molar-refractivity contribution >= 4 is 47.9 Å². The number of nitrogens with zero attached hydrogens (tertiary/aromatic N) is 5. The number of carbonyl (C=O) groups excluding carboxylic acids is 3. The zero-order valence-corrected chi connectivity index (χ0v) is 31.6. The Morgan fingerprint density at radius 3 is 2.33 bits per heavy atom. The van der Waals surface area contributed by atoms with Crippen molar-refractivity contribution < 1.29 is 23.9 Å². The number of hydrogen-bond acceptors (Lipinski definition) is 7. The molecule has 0 atom stereocenters. The Hall–Kier alpha value is -4.03. The third kappa shape index (κ3) is 8.96. The second kappa shape index (κ2) is 14.1. The van der Waals surface area contributed by atoms with Crippen LogP contribution in [0.15, 0.2) is 42.9 Å². The number of carbonyl (C=O) groups is 3. The highest BCUT2D eigenvalue weighted by atomic mass is 28.3. The summed E-state index contributed by atoms with van der Waals surface area (Å²) in [6.07, 6.45) is 6.42. The zero-order valence-electron chi connectivity index (χ0n) is 30.6. The number of piperidine rings is 1. The van der Waals surface area contributed by atoms with E-state index in [1.54, 1.807) is 6.20 Å². The molecule has 0 unspecified atom stereocenters. The molecule has 0 radical (unpaired) electrons. The number of fused-ring (bicyclic) bond motifs is 2. The highest BCUT2D eigenvalue weighted by molar-refractivity contribution is 6.76. The Bertz CT molecular complexity index is 1830. The maximum atomic E-state index is 13.6. The number of para-hydroxylation sites is 1. The standard InChI is InChI=1S/C37H52N6O5Si/c1-36(2,3)33(45)28-22-43(24-47-18-19-49(7,8)9)34-32(28)40-29(20-38-34)27-21-42(30-13-11-10-12-26(27)30)23-31(44)41-16-14-25(15-17-41)39-35(46)48-37(4,5)6/h10-13,20-22,25H,14-19,23-24H2,1-9H3,(H,39,46). The van der Waals surface area contributed by atoms with Crippen LogP contribution in [-0.2, 0) is 27.5 Å². The van der Waals surface area contributed by atoms with E-state index in [0.717, 1.165) is 22.5 Å². The van der Waals surface area contributed by atoms with Gasteiger partial charge in [0.05, 0.1) is 17.5 Å². The molecule has 1 fully saturated rings. The summed E-state index contributed by atoms with van der Waals surface area (Å²) in [6, 6.07) is 8.95. The first-order valence-electron chi connectivity index (χ1n) is 17.2. The van der Waals surface area contributed by atoms with Crippen LogP contribution >= 0.6 is 0 Å². The second-order valence-corrected chi connectivity index (χ2v) is 22.0. The molecule has 0 saturated carbocycles. The second-order valence-electron chi connectivity index (χ2n) is 16.4. The molecule has 1 aliphatic heterocycles. The van der Waals surface area contributed by atoms with Crippen LogP contribution in [-0.4, -0.2) is 81.2 Å². The smallest absolute Gasteiger partial charge is 0.407 e. The number of rotatable bonds is 10. The number of ether oxygens (including phenoxy) is 2. The summed E-state index contributed by atoms with van der Waals surface area (Å²) in [5.74, 6) is -0.00305. The van der Waals surface area contributed by atoms with Gasteiger partial charge in [-0.1, -0.05) is 58.6 Å². The number of alkyl carbamates (subject to hydrolysis) is 1. The molecular weight excluding hydrogens is 637 g/mol. The minimum Gasteiger partial charge on any atom is -0.444 e. The molecule has 0 bridgehead atoms. The van der Waals surface area contributed by atoms with E-state index in [1.807, 2.05) is 92.2 Å². The van der Waals surface area contributed by atoms with Gasteiger partial charge in [-0.15, -0.1) is 0 Å². The number of nitrogens with one attached hydrogen (secondary N) is 1. The van der Waals surface area contributed by atoms with Crippen LogP contribution in [0, 0.1) is 5.41 Å². The third-order valence-corrected chi connectivity index (χ3v) is 10.4. The number of ketones is 1. The summed E-state index contributed by atoms with van der Waals surface area (Å²) in [6.45, 7) is 20.4. The topological polar surface area (TPSA) is 121 Å². The van der Waals surface area contributed by atoms with Crippen molar-refractivity contribution in [3.8, 4) is 11.3 Å². The van der Waals surface area contributed by atoms with E-state index in [1.165, 1.54) is 0 Å². The van der Waals surface area contributed by atoms with Crippen LogP contribution in [0.5, 0.6) is 0 Å². The van der Waals surface area contributed by atoms with Crippen LogP contribution in [0.1, 0.15) is 64.7 Å². The SMILES string of the molecule is CC(C)(C)OC(=O)NC1CCN(C(=O)Cn2cc(-c3cnc4c(n3)c(C(=O)C(C)(C)C)cn4COCC[Si](C)(C)C)c3ccccc32)CC1. The normalized spacial score (nSPS) is 14.8. The molecule has 0 spiro atoms. The summed E-state index contributed by atoms with van der Waals surface area (Å²) in [5.41, 5.74) is 2.88. The van der Waals surface area contributed by atoms with E-state index in [-0.39, 0.29) is 24.3 Å². The lowest BCUT2D eigenvalue weighted by molar-refractivity contribution is -0.132. The number of benzene rings is 1. The molecule has 1 aromatic carbocycles. The molecule has 3 aromatic heterocycles.